The summed E-state index contributed by atoms with van der Waals surface area (Å²) in [5, 5.41) is 12.2. The molecule has 8 nitrogen and oxygen atoms in total. The van der Waals surface area contributed by atoms with Gasteiger partial charge in [0, 0.05) is 23.7 Å². The quantitative estimate of drug-likeness (QED) is 0.464. The third-order valence-corrected chi connectivity index (χ3v) is 8.41. The van der Waals surface area contributed by atoms with Gasteiger partial charge in [-0.25, -0.2) is 13.4 Å². The number of nitrogens with zero attached hydrogens (tertiary/aromatic N) is 3. The fourth-order valence-corrected chi connectivity index (χ4v) is 6.05. The van der Waals surface area contributed by atoms with Crippen molar-refractivity contribution in [3.63, 3.8) is 0 Å². The molecular weight excluding hydrogens is 466 g/mol. The third-order valence-electron chi connectivity index (χ3n) is 4.83. The second kappa shape index (κ2) is 10.4. The highest BCUT2D eigenvalue weighted by molar-refractivity contribution is 7.99. The van der Waals surface area contributed by atoms with Crippen molar-refractivity contribution in [2.75, 3.05) is 24.2 Å². The van der Waals surface area contributed by atoms with Gasteiger partial charge in [0.25, 0.3) is 0 Å². The van der Waals surface area contributed by atoms with Crippen LogP contribution >= 0.6 is 23.1 Å². The lowest BCUT2D eigenvalue weighted by molar-refractivity contribution is -0.113. The highest BCUT2D eigenvalue weighted by Crippen LogP contribution is 2.23. The Hall–Kier alpha value is -2.47. The molecule has 32 heavy (non-hydrogen) atoms. The summed E-state index contributed by atoms with van der Waals surface area (Å²) in [5.41, 5.74) is 0.447. The second-order valence-electron chi connectivity index (χ2n) is 7.18. The Labute approximate surface area is 195 Å². The van der Waals surface area contributed by atoms with Crippen molar-refractivity contribution in [3.05, 3.63) is 52.5 Å². The van der Waals surface area contributed by atoms with E-state index >= 15 is 0 Å². The summed E-state index contributed by atoms with van der Waals surface area (Å²) in [6.07, 6.45) is 6.57. The molecular formula is C21H23N5O3S3. The molecule has 11 heteroatoms. The van der Waals surface area contributed by atoms with Crippen LogP contribution in [0.4, 0.5) is 5.69 Å². The van der Waals surface area contributed by atoms with E-state index in [4.69, 9.17) is 0 Å². The predicted octanol–water partition coefficient (Wildman–Crippen LogP) is 3.94. The van der Waals surface area contributed by atoms with Gasteiger partial charge in [-0.2, -0.15) is 4.31 Å². The zero-order valence-corrected chi connectivity index (χ0v) is 19.7. The largest absolute Gasteiger partial charge is 0.325 e. The van der Waals surface area contributed by atoms with Crippen LogP contribution in [-0.2, 0) is 14.8 Å². The number of rotatable bonds is 8. The fourth-order valence-electron chi connectivity index (χ4n) is 3.26. The van der Waals surface area contributed by atoms with Crippen molar-refractivity contribution in [1.82, 2.24) is 19.5 Å². The Morgan fingerprint density at radius 2 is 2.03 bits per heavy atom. The van der Waals surface area contributed by atoms with Crippen LogP contribution in [0.15, 0.2) is 51.8 Å². The summed E-state index contributed by atoms with van der Waals surface area (Å²) in [4.78, 5) is 18.0. The van der Waals surface area contributed by atoms with E-state index < -0.39 is 10.0 Å². The van der Waals surface area contributed by atoms with Gasteiger partial charge in [-0.1, -0.05) is 30.3 Å². The summed E-state index contributed by atoms with van der Waals surface area (Å²) < 4.78 is 27.2. The number of H-pyrrole nitrogens is 1. The Morgan fingerprint density at radius 3 is 2.81 bits per heavy atom. The van der Waals surface area contributed by atoms with Crippen LogP contribution in [-0.4, -0.2) is 52.7 Å². The van der Waals surface area contributed by atoms with Gasteiger partial charge in [-0.05, 0) is 54.6 Å². The number of thioether (sulfide) groups is 1. The van der Waals surface area contributed by atoms with E-state index in [-0.39, 0.29) is 16.6 Å². The number of carbonyl (C=O) groups is 1. The van der Waals surface area contributed by atoms with E-state index in [1.54, 1.807) is 29.5 Å². The molecule has 0 unspecified atom stereocenters. The number of benzene rings is 1. The van der Waals surface area contributed by atoms with Crippen LogP contribution in [0.3, 0.4) is 0 Å². The predicted molar refractivity (Wildman–Crippen MR) is 128 cm³/mol. The maximum absolute atomic E-state index is 12.9. The summed E-state index contributed by atoms with van der Waals surface area (Å²) in [6, 6.07) is 10.4. The lowest BCUT2D eigenvalue weighted by atomic mass is 10.2. The Bertz CT molecular complexity index is 1180. The standard InChI is InChI=1S/C21H23N5O3S3/c27-20(15-31-21-23-19(24-25-21)10-9-17-7-5-13-30-17)22-16-6-4-8-18(14-16)32(28,29)26-11-2-1-3-12-26/h4-10,13-14H,1-3,11-12,15H2,(H,22,27)(H,23,24,25)/b10-9+. The maximum atomic E-state index is 12.9. The minimum atomic E-state index is -3.55. The van der Waals surface area contributed by atoms with Crippen molar-refractivity contribution < 1.29 is 13.2 Å². The Morgan fingerprint density at radius 1 is 1.19 bits per heavy atom. The van der Waals surface area contributed by atoms with E-state index in [1.807, 2.05) is 29.7 Å². The number of hydrogen-bond donors (Lipinski definition) is 2. The highest BCUT2D eigenvalue weighted by atomic mass is 32.2. The summed E-state index contributed by atoms with van der Waals surface area (Å²) >= 11 is 2.83. The first kappa shape index (κ1) is 22.7. The highest BCUT2D eigenvalue weighted by Gasteiger charge is 2.26. The average molecular weight is 490 g/mol. The molecule has 168 valence electrons. The van der Waals surface area contributed by atoms with E-state index in [0.29, 0.717) is 29.8 Å². The SMILES string of the molecule is O=C(CSc1n[nH]c(/C=C/c2cccs2)n1)Nc1cccc(S(=O)(=O)N2CCCCC2)c1. The molecule has 0 spiro atoms. The molecule has 0 saturated carbocycles. The number of carbonyl (C=O) groups excluding carboxylic acids is 1. The lowest BCUT2D eigenvalue weighted by Crippen LogP contribution is -2.35. The number of aromatic nitrogens is 3. The number of sulfonamides is 1. The van der Waals surface area contributed by atoms with E-state index in [1.165, 1.54) is 22.1 Å². The zero-order chi connectivity index (χ0) is 22.4. The minimum absolute atomic E-state index is 0.106. The number of hydrogen-bond acceptors (Lipinski definition) is 7. The van der Waals surface area contributed by atoms with E-state index in [9.17, 15) is 13.2 Å². The van der Waals surface area contributed by atoms with Crippen molar-refractivity contribution >= 4 is 56.9 Å². The van der Waals surface area contributed by atoms with Gasteiger partial charge >= 0.3 is 0 Å². The normalized spacial score (nSPS) is 15.2. The van der Waals surface area contributed by atoms with Crippen LogP contribution in [0.25, 0.3) is 12.2 Å². The molecule has 2 aromatic heterocycles. The molecule has 0 aliphatic carbocycles. The van der Waals surface area contributed by atoms with Gasteiger partial charge in [0.15, 0.2) is 0 Å². The summed E-state index contributed by atoms with van der Waals surface area (Å²) in [6.45, 7) is 1.08. The van der Waals surface area contributed by atoms with Gasteiger partial charge in [-0.3, -0.25) is 9.89 Å². The number of nitrogens with one attached hydrogen (secondary N) is 2. The van der Waals surface area contributed by atoms with Gasteiger partial charge < -0.3 is 5.32 Å². The molecule has 1 aliphatic heterocycles. The minimum Gasteiger partial charge on any atom is -0.325 e. The average Bonchev–Trinajstić information content (AvgIpc) is 3.49. The molecule has 1 saturated heterocycles. The third kappa shape index (κ3) is 5.85. The van der Waals surface area contributed by atoms with Crippen molar-refractivity contribution in [2.45, 2.75) is 29.3 Å². The smallest absolute Gasteiger partial charge is 0.243 e. The first-order valence-electron chi connectivity index (χ1n) is 10.2. The summed E-state index contributed by atoms with van der Waals surface area (Å²) in [5.74, 6) is 0.453. The molecule has 0 atom stereocenters. The Balaban J connectivity index is 1.32. The number of aromatic amines is 1. The van der Waals surface area contributed by atoms with Crippen LogP contribution in [0.2, 0.25) is 0 Å². The van der Waals surface area contributed by atoms with Crippen LogP contribution < -0.4 is 5.32 Å². The van der Waals surface area contributed by atoms with Crippen molar-refractivity contribution in [1.29, 1.82) is 0 Å². The molecule has 4 rings (SSSR count). The molecule has 1 fully saturated rings. The van der Waals surface area contributed by atoms with Gasteiger partial charge in [0.1, 0.15) is 5.82 Å². The fraction of sp³-hybridized carbons (Fsp3) is 0.286. The van der Waals surface area contributed by atoms with E-state index in [2.05, 4.69) is 20.5 Å². The number of piperidine rings is 1. The topological polar surface area (TPSA) is 108 Å². The molecule has 1 amide bonds. The Kier molecular flexibility index (Phi) is 7.40. The monoisotopic (exact) mass is 489 g/mol. The van der Waals surface area contributed by atoms with Crippen LogP contribution in [0.1, 0.15) is 30.0 Å². The molecule has 3 heterocycles. The molecule has 0 bridgehead atoms. The van der Waals surface area contributed by atoms with Crippen LogP contribution in [0, 0.1) is 0 Å². The maximum Gasteiger partial charge on any atom is 0.243 e. The zero-order valence-electron chi connectivity index (χ0n) is 17.2. The molecule has 1 aliphatic rings. The second-order valence-corrected chi connectivity index (χ2v) is 11.0. The van der Waals surface area contributed by atoms with Gasteiger partial charge in [0.05, 0.1) is 10.6 Å². The number of amides is 1. The van der Waals surface area contributed by atoms with Crippen molar-refractivity contribution in [2.24, 2.45) is 0 Å². The molecule has 3 aromatic rings. The number of thiophene rings is 1. The summed E-state index contributed by atoms with van der Waals surface area (Å²) in [7, 11) is -3.55. The first-order chi connectivity index (χ1) is 15.5. The van der Waals surface area contributed by atoms with Crippen molar-refractivity contribution in [3.8, 4) is 0 Å². The van der Waals surface area contributed by atoms with Gasteiger partial charge in [-0.15, -0.1) is 16.4 Å². The van der Waals surface area contributed by atoms with E-state index in [0.717, 1.165) is 24.1 Å². The molecule has 0 radical (unpaired) electrons. The lowest BCUT2D eigenvalue weighted by Gasteiger charge is -2.26. The molecule has 2 N–H and O–H groups in total. The van der Waals surface area contributed by atoms with Crippen LogP contribution in [0.5, 0.6) is 0 Å². The number of anilines is 1. The molecule has 1 aromatic carbocycles. The first-order valence-corrected chi connectivity index (χ1v) is 13.5. The van der Waals surface area contributed by atoms with Gasteiger partial charge in [0.2, 0.25) is 21.1 Å².